The lowest BCUT2D eigenvalue weighted by molar-refractivity contribution is 0.565. The van der Waals surface area contributed by atoms with Crippen molar-refractivity contribution in [3.8, 4) is 0 Å². The Morgan fingerprint density at radius 3 is 2.00 bits per heavy atom. The van der Waals surface area contributed by atoms with E-state index in [0.29, 0.717) is 0 Å². The molecule has 0 radical (unpaired) electrons. The molecule has 2 aromatic carbocycles. The smallest absolute Gasteiger partial charge is 0.0152 e. The molecule has 2 rings (SSSR count). The minimum atomic E-state index is 1.23. The Hall–Kier alpha value is -1.30. The van der Waals surface area contributed by atoms with Gasteiger partial charge in [0.25, 0.3) is 0 Å². The van der Waals surface area contributed by atoms with Crippen molar-refractivity contribution in [2.45, 2.75) is 71.1 Å². The maximum absolute atomic E-state index is 2.30. The predicted molar refractivity (Wildman–Crippen MR) is 94.9 cm³/mol. The molecule has 0 amide bonds. The molecule has 0 bridgehead atoms. The summed E-state index contributed by atoms with van der Waals surface area (Å²) in [4.78, 5) is 0. The van der Waals surface area contributed by atoms with Crippen LogP contribution >= 0.6 is 0 Å². The number of hydrogen-bond acceptors (Lipinski definition) is 0. The monoisotopic (exact) mass is 282 g/mol. The molecule has 0 saturated heterocycles. The van der Waals surface area contributed by atoms with Crippen molar-refractivity contribution in [1.82, 2.24) is 0 Å². The van der Waals surface area contributed by atoms with Crippen LogP contribution in [0.3, 0.4) is 0 Å². The zero-order valence-corrected chi connectivity index (χ0v) is 13.6. The summed E-state index contributed by atoms with van der Waals surface area (Å²) in [7, 11) is 0. The van der Waals surface area contributed by atoms with Gasteiger partial charge in [-0.15, -0.1) is 0 Å². The lowest BCUT2D eigenvalue weighted by atomic mass is 9.99. The van der Waals surface area contributed by atoms with Crippen molar-refractivity contribution < 1.29 is 0 Å². The van der Waals surface area contributed by atoms with Crippen molar-refractivity contribution in [2.75, 3.05) is 0 Å². The standard InChI is InChI=1S/C21H30/c1-2-3-4-5-6-7-8-9-10-14-19-16-13-17-20-15-11-12-18-21(19)20/h11-13,15-18H,2-10,14H2,1H3. The average molecular weight is 282 g/mol. The van der Waals surface area contributed by atoms with Gasteiger partial charge in [0.15, 0.2) is 0 Å². The van der Waals surface area contributed by atoms with Crippen molar-refractivity contribution in [3.63, 3.8) is 0 Å². The summed E-state index contributed by atoms with van der Waals surface area (Å²) in [5, 5.41) is 2.82. The second-order valence-electron chi connectivity index (χ2n) is 6.22. The topological polar surface area (TPSA) is 0 Å². The molecule has 0 spiro atoms. The van der Waals surface area contributed by atoms with Gasteiger partial charge in [-0.2, -0.15) is 0 Å². The first kappa shape index (κ1) is 16.1. The van der Waals surface area contributed by atoms with Crippen LogP contribution in [0.5, 0.6) is 0 Å². The number of rotatable bonds is 10. The van der Waals surface area contributed by atoms with Gasteiger partial charge in [-0.05, 0) is 29.2 Å². The molecule has 0 fully saturated rings. The molecule has 0 N–H and O–H groups in total. The minimum absolute atomic E-state index is 1.23. The van der Waals surface area contributed by atoms with E-state index >= 15 is 0 Å². The Morgan fingerprint density at radius 2 is 1.24 bits per heavy atom. The Kier molecular flexibility index (Phi) is 7.35. The zero-order valence-electron chi connectivity index (χ0n) is 13.6. The molecule has 21 heavy (non-hydrogen) atoms. The van der Waals surface area contributed by atoms with E-state index in [4.69, 9.17) is 0 Å². The highest BCUT2D eigenvalue weighted by Crippen LogP contribution is 2.20. The number of aryl methyl sites for hydroxylation is 1. The molecule has 0 nitrogen and oxygen atoms in total. The molecule has 0 aliphatic heterocycles. The zero-order chi connectivity index (χ0) is 14.8. The number of fused-ring (bicyclic) bond motifs is 1. The van der Waals surface area contributed by atoms with E-state index in [0.717, 1.165) is 0 Å². The number of benzene rings is 2. The molecule has 0 unspecified atom stereocenters. The lowest BCUT2D eigenvalue weighted by Crippen LogP contribution is -1.88. The Labute approximate surface area is 130 Å². The third-order valence-corrected chi connectivity index (χ3v) is 4.43. The summed E-state index contributed by atoms with van der Waals surface area (Å²) in [6.07, 6.45) is 13.9. The van der Waals surface area contributed by atoms with Gasteiger partial charge in [0.2, 0.25) is 0 Å². The average Bonchev–Trinajstić information content (AvgIpc) is 2.53. The van der Waals surface area contributed by atoms with Crippen molar-refractivity contribution in [3.05, 3.63) is 48.0 Å². The van der Waals surface area contributed by atoms with Gasteiger partial charge < -0.3 is 0 Å². The summed E-state index contributed by atoms with van der Waals surface area (Å²) in [5.74, 6) is 0. The van der Waals surface area contributed by atoms with Crippen LogP contribution in [0.4, 0.5) is 0 Å². The molecule has 0 aliphatic rings. The molecule has 0 aliphatic carbocycles. The first-order chi connectivity index (χ1) is 10.4. The third-order valence-electron chi connectivity index (χ3n) is 4.43. The van der Waals surface area contributed by atoms with Gasteiger partial charge in [0.05, 0.1) is 0 Å². The van der Waals surface area contributed by atoms with E-state index in [2.05, 4.69) is 49.4 Å². The SMILES string of the molecule is CCCCCCCCCCCc1cccc2ccccc12. The Balaban J connectivity index is 1.64. The fraction of sp³-hybridized carbons (Fsp3) is 0.524. The summed E-state index contributed by atoms with van der Waals surface area (Å²) < 4.78 is 0. The highest BCUT2D eigenvalue weighted by atomic mass is 14.0. The Bertz CT molecular complexity index is 507. The van der Waals surface area contributed by atoms with Gasteiger partial charge in [-0.1, -0.05) is 101 Å². The fourth-order valence-electron chi connectivity index (χ4n) is 3.14. The third kappa shape index (κ3) is 5.53. The molecular weight excluding hydrogens is 252 g/mol. The fourth-order valence-corrected chi connectivity index (χ4v) is 3.14. The van der Waals surface area contributed by atoms with Crippen LogP contribution in [0.15, 0.2) is 42.5 Å². The molecule has 0 heterocycles. The lowest BCUT2D eigenvalue weighted by Gasteiger charge is -2.06. The van der Waals surface area contributed by atoms with Gasteiger partial charge in [-0.3, -0.25) is 0 Å². The second kappa shape index (κ2) is 9.60. The Morgan fingerprint density at radius 1 is 0.619 bits per heavy atom. The molecule has 0 heteroatoms. The minimum Gasteiger partial charge on any atom is -0.0654 e. The first-order valence-corrected chi connectivity index (χ1v) is 8.88. The van der Waals surface area contributed by atoms with E-state index < -0.39 is 0 Å². The molecule has 114 valence electrons. The van der Waals surface area contributed by atoms with E-state index in [1.807, 2.05) is 0 Å². The van der Waals surface area contributed by atoms with E-state index in [9.17, 15) is 0 Å². The van der Waals surface area contributed by atoms with Gasteiger partial charge in [0, 0.05) is 0 Å². The molecular formula is C21H30. The summed E-state index contributed by atoms with van der Waals surface area (Å²) >= 11 is 0. The van der Waals surface area contributed by atoms with Crippen LogP contribution in [0.25, 0.3) is 10.8 Å². The van der Waals surface area contributed by atoms with Crippen LogP contribution in [0.1, 0.15) is 70.3 Å². The molecule has 2 aromatic rings. The van der Waals surface area contributed by atoms with Crippen molar-refractivity contribution >= 4 is 10.8 Å². The second-order valence-corrected chi connectivity index (χ2v) is 6.22. The predicted octanol–water partition coefficient (Wildman–Crippen LogP) is 6.91. The van der Waals surface area contributed by atoms with Crippen molar-refractivity contribution in [1.29, 1.82) is 0 Å². The van der Waals surface area contributed by atoms with Crippen LogP contribution in [-0.2, 0) is 6.42 Å². The number of unbranched alkanes of at least 4 members (excludes halogenated alkanes) is 8. The number of hydrogen-bond donors (Lipinski definition) is 0. The van der Waals surface area contributed by atoms with E-state index in [-0.39, 0.29) is 0 Å². The highest BCUT2D eigenvalue weighted by Gasteiger charge is 2.00. The maximum Gasteiger partial charge on any atom is -0.0152 e. The highest BCUT2D eigenvalue weighted by molar-refractivity contribution is 5.85. The van der Waals surface area contributed by atoms with E-state index in [1.165, 1.54) is 80.5 Å². The maximum atomic E-state index is 2.30. The molecule has 0 atom stereocenters. The quantitative estimate of drug-likeness (QED) is 0.415. The van der Waals surface area contributed by atoms with Gasteiger partial charge in [-0.25, -0.2) is 0 Å². The summed E-state index contributed by atoms with van der Waals surface area (Å²) in [6, 6.07) is 15.5. The van der Waals surface area contributed by atoms with Crippen LogP contribution in [0.2, 0.25) is 0 Å². The first-order valence-electron chi connectivity index (χ1n) is 8.88. The van der Waals surface area contributed by atoms with Crippen LogP contribution in [0, 0.1) is 0 Å². The molecule has 0 aromatic heterocycles. The van der Waals surface area contributed by atoms with Crippen LogP contribution in [-0.4, -0.2) is 0 Å². The van der Waals surface area contributed by atoms with E-state index in [1.54, 1.807) is 0 Å². The molecule has 0 saturated carbocycles. The van der Waals surface area contributed by atoms with Crippen LogP contribution < -0.4 is 0 Å². The van der Waals surface area contributed by atoms with Gasteiger partial charge >= 0.3 is 0 Å². The van der Waals surface area contributed by atoms with Crippen molar-refractivity contribution in [2.24, 2.45) is 0 Å². The largest absolute Gasteiger partial charge is 0.0654 e. The van der Waals surface area contributed by atoms with Gasteiger partial charge in [0.1, 0.15) is 0 Å². The summed E-state index contributed by atoms with van der Waals surface area (Å²) in [5.41, 5.74) is 1.52. The normalized spacial score (nSPS) is 11.1. The summed E-state index contributed by atoms with van der Waals surface area (Å²) in [6.45, 7) is 2.29.